The number of carbonyl (C=O) groups is 1. The Morgan fingerprint density at radius 2 is 1.64 bits per heavy atom. The summed E-state index contributed by atoms with van der Waals surface area (Å²) in [6.07, 6.45) is 7.41. The summed E-state index contributed by atoms with van der Waals surface area (Å²) in [6.45, 7) is 0. The molecule has 0 amide bonds. The van der Waals surface area contributed by atoms with Crippen LogP contribution in [0.1, 0.15) is 48.9 Å². The molecule has 22 heavy (non-hydrogen) atoms. The number of hydrogen-bond donors (Lipinski definition) is 0. The van der Waals surface area contributed by atoms with Crippen LogP contribution in [0, 0.1) is 0 Å². The van der Waals surface area contributed by atoms with Crippen molar-refractivity contribution in [2.75, 3.05) is 5.75 Å². The summed E-state index contributed by atoms with van der Waals surface area (Å²) < 4.78 is 0. The third kappa shape index (κ3) is 4.38. The van der Waals surface area contributed by atoms with E-state index in [0.717, 1.165) is 28.5 Å². The Balaban J connectivity index is 0.00000176. The molecule has 1 unspecified atom stereocenters. The molecular formula is C19H23NaOS. The Bertz CT molecular complexity index is 610. The van der Waals surface area contributed by atoms with Gasteiger partial charge in [-0.05, 0) is 29.4 Å². The van der Waals surface area contributed by atoms with E-state index in [1.54, 1.807) is 0 Å². The maximum absolute atomic E-state index is 13.0. The Morgan fingerprint density at radius 1 is 0.909 bits per heavy atom. The van der Waals surface area contributed by atoms with Crippen LogP contribution in [0.4, 0.5) is 0 Å². The average Bonchev–Trinajstić information content (AvgIpc) is 2.67. The number of benzene rings is 2. The normalized spacial score (nSPS) is 19.5. The third-order valence-electron chi connectivity index (χ3n) is 4.28. The van der Waals surface area contributed by atoms with Crippen molar-refractivity contribution in [2.45, 2.75) is 43.8 Å². The fraction of sp³-hybridized carbons (Fsp3) is 0.421. The van der Waals surface area contributed by atoms with Crippen LogP contribution in [0.15, 0.2) is 42.5 Å². The molecule has 0 radical (unpaired) electrons. The van der Waals surface area contributed by atoms with Crippen molar-refractivity contribution in [1.29, 1.82) is 0 Å². The summed E-state index contributed by atoms with van der Waals surface area (Å²) in [4.78, 5) is 13.0. The molecule has 0 aliphatic carbocycles. The molecule has 0 N–H and O–H groups in total. The molecule has 1 fully saturated rings. The number of hydrogen-bond acceptors (Lipinski definition) is 2. The average molecular weight is 322 g/mol. The number of carbonyl (C=O) groups excluding carboxylic acids is 1. The van der Waals surface area contributed by atoms with Crippen LogP contribution < -0.4 is 0 Å². The summed E-state index contributed by atoms with van der Waals surface area (Å²) in [5.74, 6) is 1.46. The zero-order valence-corrected chi connectivity index (χ0v) is 13.2. The summed E-state index contributed by atoms with van der Waals surface area (Å²) in [5.41, 5.74) is 0.907. The van der Waals surface area contributed by atoms with Gasteiger partial charge in [0.25, 0.3) is 0 Å². The fourth-order valence-electron chi connectivity index (χ4n) is 3.09. The molecule has 112 valence electrons. The summed E-state index contributed by atoms with van der Waals surface area (Å²) in [5, 5.41) is 2.41. The van der Waals surface area contributed by atoms with Crippen LogP contribution in [0.3, 0.4) is 0 Å². The molecule has 0 spiro atoms. The van der Waals surface area contributed by atoms with Crippen LogP contribution in [-0.2, 0) is 0 Å². The van der Waals surface area contributed by atoms with Gasteiger partial charge in [0, 0.05) is 5.56 Å². The van der Waals surface area contributed by atoms with Gasteiger partial charge in [0.15, 0.2) is 5.78 Å². The monoisotopic (exact) mass is 322 g/mol. The van der Waals surface area contributed by atoms with Gasteiger partial charge < -0.3 is 0 Å². The van der Waals surface area contributed by atoms with E-state index < -0.39 is 0 Å². The second kappa shape index (κ2) is 9.12. The molecule has 1 nitrogen and oxygen atoms in total. The van der Waals surface area contributed by atoms with E-state index in [0.29, 0.717) is 5.78 Å². The van der Waals surface area contributed by atoms with Crippen molar-refractivity contribution < 1.29 is 4.79 Å². The van der Waals surface area contributed by atoms with Gasteiger partial charge in [-0.15, -0.1) is 0 Å². The predicted octanol–water partition coefficient (Wildman–Crippen LogP) is 4.83. The Morgan fingerprint density at radius 3 is 2.55 bits per heavy atom. The maximum atomic E-state index is 13.0. The molecular weight excluding hydrogens is 299 g/mol. The Hall–Kier alpha value is -0.280. The second-order valence-electron chi connectivity index (χ2n) is 5.81. The molecule has 0 bridgehead atoms. The molecule has 1 atom stereocenters. The minimum absolute atomic E-state index is 0. The number of thioether (sulfide) groups is 1. The third-order valence-corrected chi connectivity index (χ3v) is 5.65. The summed E-state index contributed by atoms with van der Waals surface area (Å²) in [7, 11) is 0. The van der Waals surface area contributed by atoms with Crippen LogP contribution >= 0.6 is 11.8 Å². The second-order valence-corrected chi connectivity index (χ2v) is 7.12. The zero-order chi connectivity index (χ0) is 14.5. The molecule has 1 aliphatic heterocycles. The molecule has 0 aromatic heterocycles. The quantitative estimate of drug-likeness (QED) is 0.582. The number of ketones is 1. The van der Waals surface area contributed by atoms with Gasteiger partial charge >= 0.3 is 29.6 Å². The molecule has 1 heterocycles. The van der Waals surface area contributed by atoms with E-state index in [1.165, 1.54) is 32.1 Å². The molecule has 3 heteroatoms. The first-order valence-electron chi connectivity index (χ1n) is 8.00. The molecule has 2 aromatic carbocycles. The SMILES string of the molecule is O=C(c1cccc2ccccc12)C1CCCCCCCS1.[NaH]. The van der Waals surface area contributed by atoms with Crippen molar-refractivity contribution in [3.05, 3.63) is 48.0 Å². The first-order chi connectivity index (χ1) is 10.4. The minimum atomic E-state index is 0. The first kappa shape index (κ1) is 18.1. The van der Waals surface area contributed by atoms with Gasteiger partial charge in [-0.1, -0.05) is 68.1 Å². The number of fused-ring (bicyclic) bond motifs is 1. The Labute approximate surface area is 159 Å². The first-order valence-corrected chi connectivity index (χ1v) is 9.05. The van der Waals surface area contributed by atoms with Crippen molar-refractivity contribution in [1.82, 2.24) is 0 Å². The van der Waals surface area contributed by atoms with Gasteiger partial charge in [0.05, 0.1) is 5.25 Å². The van der Waals surface area contributed by atoms with E-state index >= 15 is 0 Å². The molecule has 1 aliphatic rings. The van der Waals surface area contributed by atoms with Gasteiger partial charge in [0.2, 0.25) is 0 Å². The van der Waals surface area contributed by atoms with Crippen molar-refractivity contribution >= 4 is 57.9 Å². The van der Waals surface area contributed by atoms with E-state index in [-0.39, 0.29) is 34.8 Å². The van der Waals surface area contributed by atoms with Crippen molar-refractivity contribution in [2.24, 2.45) is 0 Å². The van der Waals surface area contributed by atoms with Gasteiger partial charge in [0.1, 0.15) is 0 Å². The van der Waals surface area contributed by atoms with E-state index in [2.05, 4.69) is 18.2 Å². The van der Waals surface area contributed by atoms with Gasteiger partial charge in [-0.3, -0.25) is 4.79 Å². The van der Waals surface area contributed by atoms with Gasteiger partial charge in [-0.2, -0.15) is 11.8 Å². The standard InChI is InChI=1S/C19H22OS.Na.H/c20-19(18-13-4-2-1-3-7-14-21-18)17-12-8-10-15-9-5-6-11-16(15)17;;/h5-6,8-12,18H,1-4,7,13-14H2;;. The van der Waals surface area contributed by atoms with Crippen LogP contribution in [0.25, 0.3) is 10.8 Å². The summed E-state index contributed by atoms with van der Waals surface area (Å²) >= 11 is 1.87. The van der Waals surface area contributed by atoms with Crippen LogP contribution in [0.2, 0.25) is 0 Å². The molecule has 2 aromatic rings. The van der Waals surface area contributed by atoms with Crippen molar-refractivity contribution in [3.63, 3.8) is 0 Å². The van der Waals surface area contributed by atoms with Crippen LogP contribution in [-0.4, -0.2) is 46.3 Å². The van der Waals surface area contributed by atoms with E-state index in [4.69, 9.17) is 0 Å². The van der Waals surface area contributed by atoms with E-state index in [9.17, 15) is 4.79 Å². The zero-order valence-electron chi connectivity index (χ0n) is 12.4. The summed E-state index contributed by atoms with van der Waals surface area (Å²) in [6, 6.07) is 14.3. The predicted molar refractivity (Wildman–Crippen MR) is 99.4 cm³/mol. The van der Waals surface area contributed by atoms with Gasteiger partial charge in [-0.25, -0.2) is 0 Å². The fourth-order valence-corrected chi connectivity index (χ4v) is 4.36. The molecule has 3 rings (SSSR count). The Kier molecular flexibility index (Phi) is 7.49. The van der Waals surface area contributed by atoms with E-state index in [1.807, 2.05) is 36.0 Å². The molecule has 1 saturated heterocycles. The number of rotatable bonds is 2. The van der Waals surface area contributed by atoms with Crippen molar-refractivity contribution in [3.8, 4) is 0 Å². The number of Topliss-reactive ketones (excluding diaryl/α,β-unsaturated/α-hetero) is 1. The molecule has 0 saturated carbocycles. The topological polar surface area (TPSA) is 17.1 Å². The van der Waals surface area contributed by atoms with Crippen LogP contribution in [0.5, 0.6) is 0 Å².